The fraction of sp³-hybridized carbons (Fsp3) is 0.250. The second-order valence-corrected chi connectivity index (χ2v) is 6.09. The molecule has 1 aromatic rings. The second-order valence-electron chi connectivity index (χ2n) is 3.37. The molecule has 20 heavy (non-hydrogen) atoms. The van der Waals surface area contributed by atoms with E-state index in [1.807, 2.05) is 6.07 Å². The van der Waals surface area contributed by atoms with Crippen LogP contribution in [0.25, 0.3) is 0 Å². The molecule has 0 heterocycles. The SMILES string of the molecule is CCO/C(=N\P(=O)(OC)OC=C(Cl)Cl)c1ccccc1. The van der Waals surface area contributed by atoms with Crippen LogP contribution in [0.2, 0.25) is 0 Å². The molecule has 0 bridgehead atoms. The Morgan fingerprint density at radius 3 is 2.50 bits per heavy atom. The van der Waals surface area contributed by atoms with E-state index >= 15 is 0 Å². The van der Waals surface area contributed by atoms with Crippen molar-refractivity contribution in [3.8, 4) is 0 Å². The normalized spacial score (nSPS) is 14.3. The summed E-state index contributed by atoms with van der Waals surface area (Å²) in [6.07, 6.45) is 0.894. The lowest BCUT2D eigenvalue weighted by molar-refractivity contribution is 0.294. The molecule has 0 radical (unpaired) electrons. The zero-order valence-corrected chi connectivity index (χ0v) is 13.4. The Morgan fingerprint density at radius 2 is 2.00 bits per heavy atom. The molecule has 0 spiro atoms. The average molecular weight is 338 g/mol. The number of ether oxygens (including phenoxy) is 1. The summed E-state index contributed by atoms with van der Waals surface area (Å²) in [5, 5.41) is 0. The first-order valence-electron chi connectivity index (χ1n) is 5.64. The highest BCUT2D eigenvalue weighted by Gasteiger charge is 2.25. The topological polar surface area (TPSA) is 57.1 Å². The lowest BCUT2D eigenvalue weighted by Gasteiger charge is -2.12. The number of hydrogen-bond donors (Lipinski definition) is 0. The van der Waals surface area contributed by atoms with Crippen LogP contribution in [0, 0.1) is 0 Å². The third-order valence-corrected chi connectivity index (χ3v) is 3.46. The Bertz CT molecular complexity index is 530. The van der Waals surface area contributed by atoms with E-state index in [2.05, 4.69) is 4.76 Å². The monoisotopic (exact) mass is 337 g/mol. The maximum atomic E-state index is 12.3. The minimum atomic E-state index is -3.79. The van der Waals surface area contributed by atoms with Gasteiger partial charge in [-0.05, 0) is 19.1 Å². The predicted octanol–water partition coefficient (Wildman–Crippen LogP) is 4.52. The number of nitrogens with zero attached hydrogens (tertiary/aromatic N) is 1. The van der Waals surface area contributed by atoms with Crippen LogP contribution in [-0.4, -0.2) is 19.6 Å². The van der Waals surface area contributed by atoms with Gasteiger partial charge in [0, 0.05) is 12.7 Å². The molecule has 110 valence electrons. The smallest absolute Gasteiger partial charge is 0.477 e. The summed E-state index contributed by atoms with van der Waals surface area (Å²) in [7, 11) is -2.58. The van der Waals surface area contributed by atoms with Crippen LogP contribution in [0.4, 0.5) is 0 Å². The van der Waals surface area contributed by atoms with Crippen molar-refractivity contribution in [2.24, 2.45) is 4.76 Å². The maximum Gasteiger partial charge on any atom is 0.510 e. The van der Waals surface area contributed by atoms with Crippen molar-refractivity contribution in [2.45, 2.75) is 6.92 Å². The van der Waals surface area contributed by atoms with Crippen molar-refractivity contribution in [2.75, 3.05) is 13.7 Å². The van der Waals surface area contributed by atoms with Crippen LogP contribution in [0.15, 0.2) is 45.8 Å². The molecule has 8 heteroatoms. The third kappa shape index (κ3) is 5.55. The zero-order chi connectivity index (χ0) is 15.0. The molecule has 0 aliphatic carbocycles. The molecule has 0 N–H and O–H groups in total. The Balaban J connectivity index is 3.11. The lowest BCUT2D eigenvalue weighted by Crippen LogP contribution is -2.07. The van der Waals surface area contributed by atoms with E-state index in [9.17, 15) is 4.57 Å². The maximum absolute atomic E-state index is 12.3. The van der Waals surface area contributed by atoms with E-state index in [4.69, 9.17) is 37.0 Å². The molecular formula is C12H14Cl2NO4P. The number of benzene rings is 1. The van der Waals surface area contributed by atoms with Gasteiger partial charge in [-0.15, -0.1) is 4.76 Å². The predicted molar refractivity (Wildman–Crippen MR) is 80.1 cm³/mol. The summed E-state index contributed by atoms with van der Waals surface area (Å²) in [6.45, 7) is 2.14. The first-order chi connectivity index (χ1) is 9.50. The van der Waals surface area contributed by atoms with E-state index in [0.29, 0.717) is 12.2 Å². The summed E-state index contributed by atoms with van der Waals surface area (Å²) in [4.78, 5) is 0. The van der Waals surface area contributed by atoms with Gasteiger partial charge in [-0.2, -0.15) is 0 Å². The van der Waals surface area contributed by atoms with Gasteiger partial charge >= 0.3 is 7.75 Å². The molecule has 1 aromatic carbocycles. The van der Waals surface area contributed by atoms with Gasteiger partial charge in [0.05, 0.1) is 6.61 Å². The van der Waals surface area contributed by atoms with E-state index in [0.717, 1.165) is 6.26 Å². The summed E-state index contributed by atoms with van der Waals surface area (Å²) in [5.41, 5.74) is 0.649. The standard InChI is InChI=1S/C12H14Cl2NO4P/c1-3-18-12(10-7-5-4-6-8-10)15-20(16,17-2)19-9-11(13)14/h4-9H,3H2,1-2H3/b15-12-. The highest BCUT2D eigenvalue weighted by molar-refractivity contribution is 7.52. The molecule has 0 fully saturated rings. The van der Waals surface area contributed by atoms with E-state index < -0.39 is 7.75 Å². The highest BCUT2D eigenvalue weighted by atomic mass is 35.5. The van der Waals surface area contributed by atoms with Gasteiger partial charge < -0.3 is 9.26 Å². The Kier molecular flexibility index (Phi) is 7.10. The van der Waals surface area contributed by atoms with Gasteiger partial charge in [-0.1, -0.05) is 41.4 Å². The molecule has 5 nitrogen and oxygen atoms in total. The summed E-state index contributed by atoms with van der Waals surface area (Å²) < 4.78 is 31.0. The van der Waals surface area contributed by atoms with Crippen LogP contribution in [0.1, 0.15) is 12.5 Å². The Labute approximate surface area is 127 Å². The zero-order valence-electron chi connectivity index (χ0n) is 11.0. The van der Waals surface area contributed by atoms with E-state index in [1.165, 1.54) is 7.11 Å². The van der Waals surface area contributed by atoms with Gasteiger partial charge in [0.1, 0.15) is 10.8 Å². The van der Waals surface area contributed by atoms with E-state index in [1.54, 1.807) is 31.2 Å². The minimum Gasteiger partial charge on any atom is -0.477 e. The molecule has 1 atom stereocenters. The molecule has 0 aliphatic rings. The highest BCUT2D eigenvalue weighted by Crippen LogP contribution is 2.50. The molecule has 0 aliphatic heterocycles. The van der Waals surface area contributed by atoms with Gasteiger partial charge in [0.25, 0.3) is 0 Å². The van der Waals surface area contributed by atoms with Crippen molar-refractivity contribution in [1.29, 1.82) is 0 Å². The van der Waals surface area contributed by atoms with Crippen molar-refractivity contribution in [3.63, 3.8) is 0 Å². The molecule has 1 unspecified atom stereocenters. The summed E-state index contributed by atoms with van der Waals surface area (Å²) in [6, 6.07) is 8.98. The van der Waals surface area contributed by atoms with Crippen LogP contribution >= 0.6 is 30.9 Å². The Morgan fingerprint density at radius 1 is 1.35 bits per heavy atom. The lowest BCUT2D eigenvalue weighted by atomic mass is 10.2. The summed E-state index contributed by atoms with van der Waals surface area (Å²) >= 11 is 10.8. The second kappa shape index (κ2) is 8.32. The number of halogens is 2. The summed E-state index contributed by atoms with van der Waals surface area (Å²) in [5.74, 6) is 0.150. The van der Waals surface area contributed by atoms with Gasteiger partial charge in [-0.25, -0.2) is 4.57 Å². The molecular weight excluding hydrogens is 324 g/mol. The molecule has 0 saturated heterocycles. The van der Waals surface area contributed by atoms with Crippen molar-refractivity contribution >= 4 is 36.8 Å². The van der Waals surface area contributed by atoms with Crippen LogP contribution < -0.4 is 0 Å². The van der Waals surface area contributed by atoms with Gasteiger partial charge in [0.15, 0.2) is 0 Å². The molecule has 0 amide bonds. The van der Waals surface area contributed by atoms with Crippen molar-refractivity contribution < 1.29 is 18.3 Å². The molecule has 0 aromatic heterocycles. The van der Waals surface area contributed by atoms with Crippen LogP contribution in [0.5, 0.6) is 0 Å². The first-order valence-corrected chi connectivity index (χ1v) is 7.89. The Hall–Kier alpha value is -1.00. The van der Waals surface area contributed by atoms with Crippen LogP contribution in [-0.2, 0) is 18.3 Å². The molecule has 0 saturated carbocycles. The average Bonchev–Trinajstić information content (AvgIpc) is 2.46. The van der Waals surface area contributed by atoms with Crippen LogP contribution in [0.3, 0.4) is 0 Å². The number of rotatable bonds is 6. The number of hydrogen-bond acceptors (Lipinski definition) is 4. The van der Waals surface area contributed by atoms with Gasteiger partial charge in [-0.3, -0.25) is 4.52 Å². The fourth-order valence-electron chi connectivity index (χ4n) is 1.21. The fourth-order valence-corrected chi connectivity index (χ4v) is 2.27. The largest absolute Gasteiger partial charge is 0.510 e. The quantitative estimate of drug-likeness (QED) is 0.331. The minimum absolute atomic E-state index is 0.150. The van der Waals surface area contributed by atoms with Crippen molar-refractivity contribution in [1.82, 2.24) is 0 Å². The first kappa shape index (κ1) is 17.1. The molecule has 1 rings (SSSR count). The van der Waals surface area contributed by atoms with Gasteiger partial charge in [0.2, 0.25) is 5.90 Å². The third-order valence-electron chi connectivity index (χ3n) is 2.02. The van der Waals surface area contributed by atoms with E-state index in [-0.39, 0.29) is 10.4 Å². The van der Waals surface area contributed by atoms with Crippen molar-refractivity contribution in [3.05, 3.63) is 46.6 Å².